The van der Waals surface area contributed by atoms with Gasteiger partial charge in [-0.2, -0.15) is 5.10 Å². The van der Waals surface area contributed by atoms with E-state index in [0.29, 0.717) is 5.75 Å². The van der Waals surface area contributed by atoms with Crippen LogP contribution in [-0.2, 0) is 9.84 Å². The predicted molar refractivity (Wildman–Crippen MR) is 61.4 cm³/mol. The van der Waals surface area contributed by atoms with Crippen LogP contribution >= 0.6 is 0 Å². The summed E-state index contributed by atoms with van der Waals surface area (Å²) in [4.78, 5) is 0.120. The van der Waals surface area contributed by atoms with Crippen LogP contribution in [-0.4, -0.2) is 25.7 Å². The fourth-order valence-corrected chi connectivity index (χ4v) is 2.66. The summed E-state index contributed by atoms with van der Waals surface area (Å²) in [5.74, 6) is 0.616. The Labute approximate surface area is 98.3 Å². The first-order valence-corrected chi connectivity index (χ1v) is 6.22. The minimum atomic E-state index is -3.63. The molecular formula is C10H11N3O3S. The van der Waals surface area contributed by atoms with Crippen LogP contribution in [0.15, 0.2) is 40.3 Å². The molecule has 1 aromatic carbocycles. The Hall–Kier alpha value is -2.02. The lowest BCUT2D eigenvalue weighted by atomic mass is 10.3. The van der Waals surface area contributed by atoms with E-state index in [1.165, 1.54) is 25.4 Å². The highest BCUT2D eigenvalue weighted by Crippen LogP contribution is 2.25. The molecule has 0 atom stereocenters. The van der Waals surface area contributed by atoms with Crippen molar-refractivity contribution in [3.63, 3.8) is 0 Å². The van der Waals surface area contributed by atoms with Crippen molar-refractivity contribution >= 4 is 15.7 Å². The maximum atomic E-state index is 12.1. The number of aromatic nitrogens is 2. The molecule has 7 heteroatoms. The molecule has 0 unspecified atom stereocenters. The quantitative estimate of drug-likeness (QED) is 0.844. The van der Waals surface area contributed by atoms with Crippen molar-refractivity contribution in [2.45, 2.75) is 9.79 Å². The van der Waals surface area contributed by atoms with Crippen LogP contribution in [0.3, 0.4) is 0 Å². The van der Waals surface area contributed by atoms with Crippen LogP contribution in [0, 0.1) is 0 Å². The second-order valence-corrected chi connectivity index (χ2v) is 5.24. The van der Waals surface area contributed by atoms with E-state index in [-0.39, 0.29) is 15.6 Å². The van der Waals surface area contributed by atoms with Crippen molar-refractivity contribution in [3.05, 3.63) is 30.5 Å². The van der Waals surface area contributed by atoms with Gasteiger partial charge in [-0.3, -0.25) is 5.10 Å². The maximum absolute atomic E-state index is 12.1. The van der Waals surface area contributed by atoms with Gasteiger partial charge in [0.05, 0.1) is 18.2 Å². The van der Waals surface area contributed by atoms with Crippen LogP contribution in [0.1, 0.15) is 0 Å². The summed E-state index contributed by atoms with van der Waals surface area (Å²) in [6, 6.07) is 6.06. The fourth-order valence-electron chi connectivity index (χ4n) is 1.38. The van der Waals surface area contributed by atoms with E-state index in [4.69, 9.17) is 10.5 Å². The second-order valence-electron chi connectivity index (χ2n) is 3.33. The molecule has 1 heterocycles. The summed E-state index contributed by atoms with van der Waals surface area (Å²) in [6.45, 7) is 0. The summed E-state index contributed by atoms with van der Waals surface area (Å²) >= 11 is 0. The van der Waals surface area contributed by atoms with Gasteiger partial charge >= 0.3 is 0 Å². The van der Waals surface area contributed by atoms with Crippen molar-refractivity contribution in [2.24, 2.45) is 0 Å². The summed E-state index contributed by atoms with van der Waals surface area (Å²) < 4.78 is 29.2. The van der Waals surface area contributed by atoms with E-state index in [0.717, 1.165) is 0 Å². The molecule has 0 spiro atoms. The zero-order valence-electron chi connectivity index (χ0n) is 9.04. The smallest absolute Gasteiger partial charge is 0.211 e. The zero-order chi connectivity index (χ0) is 12.5. The number of benzene rings is 1. The lowest BCUT2D eigenvalue weighted by Crippen LogP contribution is -2.03. The standard InChI is InChI=1S/C10H11N3O3S/c1-16-7-2-4-8(5-3-7)17(14,15)9-6-12-13-10(9)11/h2-6H,1H3,(H3,11,12,13). The molecule has 0 radical (unpaired) electrons. The third kappa shape index (κ3) is 1.96. The molecule has 6 nitrogen and oxygen atoms in total. The van der Waals surface area contributed by atoms with Gasteiger partial charge in [0.25, 0.3) is 0 Å². The van der Waals surface area contributed by atoms with Gasteiger partial charge < -0.3 is 10.5 Å². The Morgan fingerprint density at radius 1 is 1.29 bits per heavy atom. The molecular weight excluding hydrogens is 242 g/mol. The molecule has 0 amide bonds. The number of nitrogen functional groups attached to an aromatic ring is 1. The van der Waals surface area contributed by atoms with Crippen LogP contribution in [0.2, 0.25) is 0 Å². The molecule has 90 valence electrons. The number of sulfone groups is 1. The average molecular weight is 253 g/mol. The van der Waals surface area contributed by atoms with Crippen LogP contribution in [0.4, 0.5) is 5.82 Å². The number of hydrogen-bond acceptors (Lipinski definition) is 5. The number of ether oxygens (including phenoxy) is 1. The van der Waals surface area contributed by atoms with Gasteiger partial charge in [0.15, 0.2) is 0 Å². The normalized spacial score (nSPS) is 11.4. The number of methoxy groups -OCH3 is 1. The van der Waals surface area contributed by atoms with Crippen LogP contribution in [0.25, 0.3) is 0 Å². The lowest BCUT2D eigenvalue weighted by molar-refractivity contribution is 0.414. The molecule has 0 saturated heterocycles. The molecule has 0 aliphatic rings. The van der Waals surface area contributed by atoms with E-state index in [1.807, 2.05) is 0 Å². The molecule has 17 heavy (non-hydrogen) atoms. The largest absolute Gasteiger partial charge is 0.497 e. The van der Waals surface area contributed by atoms with E-state index >= 15 is 0 Å². The van der Waals surface area contributed by atoms with Gasteiger partial charge in [0.2, 0.25) is 9.84 Å². The van der Waals surface area contributed by atoms with Crippen LogP contribution in [0.5, 0.6) is 5.75 Å². The molecule has 0 fully saturated rings. The van der Waals surface area contributed by atoms with Crippen molar-refractivity contribution in [3.8, 4) is 5.75 Å². The third-order valence-corrected chi connectivity index (χ3v) is 4.09. The van der Waals surface area contributed by atoms with E-state index in [1.54, 1.807) is 12.1 Å². The highest BCUT2D eigenvalue weighted by molar-refractivity contribution is 7.91. The number of hydrogen-bond donors (Lipinski definition) is 2. The molecule has 2 rings (SSSR count). The Morgan fingerprint density at radius 2 is 1.94 bits per heavy atom. The molecule has 2 aromatic rings. The lowest BCUT2D eigenvalue weighted by Gasteiger charge is -2.04. The summed E-state index contributed by atoms with van der Waals surface area (Å²) in [5.41, 5.74) is 5.50. The number of nitrogens with two attached hydrogens (primary N) is 1. The topological polar surface area (TPSA) is 98.1 Å². The summed E-state index contributed by atoms with van der Waals surface area (Å²) in [6.07, 6.45) is 1.19. The van der Waals surface area contributed by atoms with E-state index < -0.39 is 9.84 Å². The molecule has 1 aromatic heterocycles. The highest BCUT2D eigenvalue weighted by Gasteiger charge is 2.21. The van der Waals surface area contributed by atoms with E-state index in [9.17, 15) is 8.42 Å². The fraction of sp³-hybridized carbons (Fsp3) is 0.100. The number of nitrogens with one attached hydrogen (secondary N) is 1. The Balaban J connectivity index is 2.49. The van der Waals surface area contributed by atoms with Gasteiger partial charge in [-0.25, -0.2) is 8.42 Å². The second kappa shape index (κ2) is 4.10. The predicted octanol–water partition coefficient (Wildman–Crippen LogP) is 0.833. The minimum Gasteiger partial charge on any atom is -0.497 e. The summed E-state index contributed by atoms with van der Waals surface area (Å²) in [7, 11) is -2.11. The minimum absolute atomic E-state index is 0.0253. The highest BCUT2D eigenvalue weighted by atomic mass is 32.2. The van der Waals surface area contributed by atoms with Gasteiger partial charge in [-0.1, -0.05) is 0 Å². The number of aromatic amines is 1. The number of anilines is 1. The van der Waals surface area contributed by atoms with E-state index in [2.05, 4.69) is 10.2 Å². The first kappa shape index (κ1) is 11.5. The monoisotopic (exact) mass is 253 g/mol. The van der Waals surface area contributed by atoms with Gasteiger partial charge in [-0.05, 0) is 24.3 Å². The average Bonchev–Trinajstić information content (AvgIpc) is 2.76. The molecule has 0 aliphatic heterocycles. The first-order chi connectivity index (χ1) is 8.05. The Kier molecular flexibility index (Phi) is 2.76. The summed E-state index contributed by atoms with van der Waals surface area (Å²) in [5, 5.41) is 5.98. The number of H-pyrrole nitrogens is 1. The molecule has 0 saturated carbocycles. The van der Waals surface area contributed by atoms with Gasteiger partial charge in [0, 0.05) is 0 Å². The van der Waals surface area contributed by atoms with Crippen molar-refractivity contribution in [2.75, 3.05) is 12.8 Å². The SMILES string of the molecule is COc1ccc(S(=O)(=O)c2cn[nH]c2N)cc1. The number of rotatable bonds is 3. The Morgan fingerprint density at radius 3 is 2.41 bits per heavy atom. The molecule has 3 N–H and O–H groups in total. The first-order valence-electron chi connectivity index (χ1n) is 4.73. The third-order valence-electron chi connectivity index (χ3n) is 2.29. The van der Waals surface area contributed by atoms with Gasteiger partial charge in [-0.15, -0.1) is 0 Å². The maximum Gasteiger partial charge on any atom is 0.211 e. The molecule has 0 aliphatic carbocycles. The Bertz CT molecular complexity index is 617. The van der Waals surface area contributed by atoms with Crippen LogP contribution < -0.4 is 10.5 Å². The van der Waals surface area contributed by atoms with Crippen molar-refractivity contribution < 1.29 is 13.2 Å². The molecule has 0 bridgehead atoms. The number of nitrogens with zero attached hydrogens (tertiary/aromatic N) is 1. The van der Waals surface area contributed by atoms with Gasteiger partial charge in [0.1, 0.15) is 16.5 Å². The van der Waals surface area contributed by atoms with Crippen molar-refractivity contribution in [1.82, 2.24) is 10.2 Å². The van der Waals surface area contributed by atoms with Crippen molar-refractivity contribution in [1.29, 1.82) is 0 Å². The zero-order valence-corrected chi connectivity index (χ0v) is 9.86.